The van der Waals surface area contributed by atoms with Crippen LogP contribution in [0.3, 0.4) is 0 Å². The third-order valence-corrected chi connectivity index (χ3v) is 4.21. The maximum absolute atomic E-state index is 2.61. The largest absolute Gasteiger partial charge is 0.309 e. The van der Waals surface area contributed by atoms with E-state index >= 15 is 0 Å². The zero-order valence-electron chi connectivity index (χ0n) is 10.1. The average molecular weight is 196 g/mol. The van der Waals surface area contributed by atoms with Crippen molar-refractivity contribution in [1.29, 1.82) is 0 Å². The lowest BCUT2D eigenvalue weighted by molar-refractivity contribution is -0.130. The molecule has 1 spiro atoms. The molecule has 1 aliphatic carbocycles. The summed E-state index contributed by atoms with van der Waals surface area (Å²) in [6.07, 6.45) is 2.94. The SMILES string of the molecule is CC(C)N1CC2(CCC2CN(C)C)C1. The van der Waals surface area contributed by atoms with Crippen LogP contribution in [0.4, 0.5) is 0 Å². The van der Waals surface area contributed by atoms with Crippen molar-refractivity contribution in [2.75, 3.05) is 33.7 Å². The van der Waals surface area contributed by atoms with Gasteiger partial charge in [0.2, 0.25) is 0 Å². The molecule has 1 atom stereocenters. The molecule has 82 valence electrons. The van der Waals surface area contributed by atoms with Crippen molar-refractivity contribution in [2.45, 2.75) is 32.7 Å². The van der Waals surface area contributed by atoms with E-state index in [2.05, 4.69) is 37.7 Å². The van der Waals surface area contributed by atoms with E-state index < -0.39 is 0 Å². The van der Waals surface area contributed by atoms with Gasteiger partial charge in [0.05, 0.1) is 0 Å². The monoisotopic (exact) mass is 196 g/mol. The molecule has 0 aromatic rings. The first-order valence-electron chi connectivity index (χ1n) is 5.92. The van der Waals surface area contributed by atoms with E-state index in [0.29, 0.717) is 0 Å². The van der Waals surface area contributed by atoms with Gasteiger partial charge in [0.1, 0.15) is 0 Å². The number of rotatable bonds is 3. The Labute approximate surface area is 88.3 Å². The van der Waals surface area contributed by atoms with Crippen molar-refractivity contribution in [3.8, 4) is 0 Å². The summed E-state index contributed by atoms with van der Waals surface area (Å²) in [4.78, 5) is 4.96. The molecule has 2 aliphatic rings. The second kappa shape index (κ2) is 3.49. The van der Waals surface area contributed by atoms with Crippen LogP contribution in [0, 0.1) is 11.3 Å². The van der Waals surface area contributed by atoms with Gasteiger partial charge >= 0.3 is 0 Å². The van der Waals surface area contributed by atoms with Gasteiger partial charge in [-0.3, -0.25) is 4.90 Å². The van der Waals surface area contributed by atoms with Gasteiger partial charge in [-0.05, 0) is 52.1 Å². The molecule has 14 heavy (non-hydrogen) atoms. The second-order valence-electron chi connectivity index (χ2n) is 5.86. The van der Waals surface area contributed by atoms with Crippen molar-refractivity contribution in [3.05, 3.63) is 0 Å². The fourth-order valence-electron chi connectivity index (χ4n) is 3.03. The minimum atomic E-state index is 0.731. The molecule has 0 amide bonds. The van der Waals surface area contributed by atoms with E-state index in [9.17, 15) is 0 Å². The molecule has 1 saturated heterocycles. The van der Waals surface area contributed by atoms with Crippen LogP contribution in [-0.2, 0) is 0 Å². The number of likely N-dealkylation sites (tertiary alicyclic amines) is 1. The summed E-state index contributed by atoms with van der Waals surface area (Å²) in [5, 5.41) is 0. The Morgan fingerprint density at radius 1 is 1.36 bits per heavy atom. The first-order valence-corrected chi connectivity index (χ1v) is 5.92. The Bertz CT molecular complexity index is 204. The van der Waals surface area contributed by atoms with Crippen LogP contribution in [0.2, 0.25) is 0 Å². The first-order chi connectivity index (χ1) is 6.53. The van der Waals surface area contributed by atoms with Crippen molar-refractivity contribution in [1.82, 2.24) is 9.80 Å². The smallest absolute Gasteiger partial charge is 0.00563 e. The van der Waals surface area contributed by atoms with Crippen molar-refractivity contribution in [3.63, 3.8) is 0 Å². The average Bonchev–Trinajstić information content (AvgIpc) is 1.95. The molecule has 0 aromatic heterocycles. The lowest BCUT2D eigenvalue weighted by Gasteiger charge is -2.62. The molecule has 1 aliphatic heterocycles. The Balaban J connectivity index is 1.83. The van der Waals surface area contributed by atoms with Gasteiger partial charge in [-0.15, -0.1) is 0 Å². The molecule has 2 fully saturated rings. The van der Waals surface area contributed by atoms with Gasteiger partial charge in [-0.25, -0.2) is 0 Å². The van der Waals surface area contributed by atoms with Crippen LogP contribution in [0.5, 0.6) is 0 Å². The van der Waals surface area contributed by atoms with Crippen molar-refractivity contribution < 1.29 is 0 Å². The Morgan fingerprint density at radius 3 is 2.36 bits per heavy atom. The zero-order valence-corrected chi connectivity index (χ0v) is 10.1. The Hall–Kier alpha value is -0.0800. The highest BCUT2D eigenvalue weighted by Gasteiger charge is 2.54. The van der Waals surface area contributed by atoms with Gasteiger partial charge in [-0.2, -0.15) is 0 Å². The lowest BCUT2D eigenvalue weighted by atomic mass is 9.55. The normalized spacial score (nSPS) is 30.9. The summed E-state index contributed by atoms with van der Waals surface area (Å²) >= 11 is 0. The quantitative estimate of drug-likeness (QED) is 0.677. The summed E-state index contributed by atoms with van der Waals surface area (Å²) in [6, 6.07) is 0.751. The van der Waals surface area contributed by atoms with Crippen LogP contribution >= 0.6 is 0 Å². The molecule has 2 nitrogen and oxygen atoms in total. The van der Waals surface area contributed by atoms with Gasteiger partial charge in [0.25, 0.3) is 0 Å². The van der Waals surface area contributed by atoms with Crippen LogP contribution in [0.15, 0.2) is 0 Å². The van der Waals surface area contributed by atoms with Crippen LogP contribution in [-0.4, -0.2) is 49.6 Å². The highest BCUT2D eigenvalue weighted by atomic mass is 15.2. The Morgan fingerprint density at radius 2 is 2.00 bits per heavy atom. The third-order valence-electron chi connectivity index (χ3n) is 4.21. The van der Waals surface area contributed by atoms with Gasteiger partial charge in [0.15, 0.2) is 0 Å². The first kappa shape index (κ1) is 10.4. The molecular weight excluding hydrogens is 172 g/mol. The van der Waals surface area contributed by atoms with E-state index in [1.54, 1.807) is 0 Å². The van der Waals surface area contributed by atoms with Crippen molar-refractivity contribution in [2.24, 2.45) is 11.3 Å². The Kier molecular flexibility index (Phi) is 2.61. The van der Waals surface area contributed by atoms with Gasteiger partial charge < -0.3 is 4.90 Å². The predicted octanol–water partition coefficient (Wildman–Crippen LogP) is 1.67. The molecule has 1 unspecified atom stereocenters. The fraction of sp³-hybridized carbons (Fsp3) is 1.00. The highest BCUT2D eigenvalue weighted by molar-refractivity contribution is 5.06. The minimum absolute atomic E-state index is 0.731. The molecule has 0 bridgehead atoms. The fourth-order valence-corrected chi connectivity index (χ4v) is 3.03. The van der Waals surface area contributed by atoms with Crippen LogP contribution in [0.25, 0.3) is 0 Å². The molecule has 2 rings (SSSR count). The number of hydrogen-bond donors (Lipinski definition) is 0. The summed E-state index contributed by atoms with van der Waals surface area (Å²) in [6.45, 7) is 8.65. The molecule has 1 heterocycles. The topological polar surface area (TPSA) is 6.48 Å². The van der Waals surface area contributed by atoms with E-state index in [4.69, 9.17) is 0 Å². The summed E-state index contributed by atoms with van der Waals surface area (Å²) in [7, 11) is 4.40. The second-order valence-corrected chi connectivity index (χ2v) is 5.86. The van der Waals surface area contributed by atoms with Gasteiger partial charge in [-0.1, -0.05) is 0 Å². The molecular formula is C12H24N2. The maximum atomic E-state index is 2.61. The van der Waals surface area contributed by atoms with Crippen LogP contribution in [0.1, 0.15) is 26.7 Å². The minimum Gasteiger partial charge on any atom is -0.309 e. The summed E-state index contributed by atoms with van der Waals surface area (Å²) in [5.74, 6) is 0.979. The zero-order chi connectivity index (χ0) is 10.3. The number of hydrogen-bond acceptors (Lipinski definition) is 2. The third kappa shape index (κ3) is 1.59. The van der Waals surface area contributed by atoms with Gasteiger partial charge in [0, 0.05) is 25.7 Å². The number of nitrogens with zero attached hydrogens (tertiary/aromatic N) is 2. The molecule has 2 heteroatoms. The van der Waals surface area contributed by atoms with E-state index in [1.807, 2.05) is 0 Å². The molecule has 0 radical (unpaired) electrons. The van der Waals surface area contributed by atoms with E-state index in [0.717, 1.165) is 17.4 Å². The predicted molar refractivity (Wildman–Crippen MR) is 60.4 cm³/mol. The summed E-state index contributed by atoms with van der Waals surface area (Å²) < 4.78 is 0. The highest BCUT2D eigenvalue weighted by Crippen LogP contribution is 2.53. The lowest BCUT2D eigenvalue weighted by Crippen LogP contribution is -2.67. The van der Waals surface area contributed by atoms with E-state index in [1.165, 1.54) is 32.5 Å². The maximum Gasteiger partial charge on any atom is 0.00563 e. The van der Waals surface area contributed by atoms with Crippen LogP contribution < -0.4 is 0 Å². The standard InChI is InChI=1S/C12H24N2/c1-10(2)14-8-12(9-14)6-5-11(12)7-13(3)4/h10-11H,5-9H2,1-4H3. The molecule has 0 N–H and O–H groups in total. The van der Waals surface area contributed by atoms with E-state index in [-0.39, 0.29) is 0 Å². The molecule has 1 saturated carbocycles. The summed E-state index contributed by atoms with van der Waals surface area (Å²) in [5.41, 5.74) is 0.731. The van der Waals surface area contributed by atoms with Crippen molar-refractivity contribution >= 4 is 0 Å². The molecule has 0 aromatic carbocycles.